The third-order valence-corrected chi connectivity index (χ3v) is 2.44. The summed E-state index contributed by atoms with van der Waals surface area (Å²) < 4.78 is 5.02. The smallest absolute Gasteiger partial charge is 0.243 e. The minimum absolute atomic E-state index is 0.0508. The van der Waals surface area contributed by atoms with Gasteiger partial charge in [0, 0.05) is 12.1 Å². The van der Waals surface area contributed by atoms with Crippen LogP contribution in [0.5, 0.6) is 5.75 Å². The number of carbonyl (C=O) groups excluding carboxylic acids is 2. The number of anilines is 2. The first-order valence-electron chi connectivity index (χ1n) is 6.07. The molecule has 1 rings (SSSR count). The Labute approximate surface area is 112 Å². The molecule has 2 amide bonds. The van der Waals surface area contributed by atoms with Crippen LogP contribution >= 0.6 is 0 Å². The van der Waals surface area contributed by atoms with Crippen molar-refractivity contribution >= 4 is 23.2 Å². The number of nitrogens with two attached hydrogens (primary N) is 1. The van der Waals surface area contributed by atoms with Crippen LogP contribution < -0.4 is 21.1 Å². The fraction of sp³-hybridized carbons (Fsp3) is 0.385. The number of carbonyl (C=O) groups is 2. The van der Waals surface area contributed by atoms with Gasteiger partial charge in [0.25, 0.3) is 0 Å². The number of hydrogen-bond acceptors (Lipinski definition) is 4. The second-order valence-electron chi connectivity index (χ2n) is 4.03. The van der Waals surface area contributed by atoms with E-state index in [1.807, 2.05) is 6.92 Å². The van der Waals surface area contributed by atoms with Gasteiger partial charge in [-0.25, -0.2) is 0 Å². The number of methoxy groups -OCH3 is 1. The normalized spacial score (nSPS) is 9.79. The van der Waals surface area contributed by atoms with E-state index in [1.54, 1.807) is 18.2 Å². The van der Waals surface area contributed by atoms with Gasteiger partial charge < -0.3 is 21.1 Å². The predicted molar refractivity (Wildman–Crippen MR) is 74.0 cm³/mol. The highest BCUT2D eigenvalue weighted by atomic mass is 16.5. The number of amides is 2. The summed E-state index contributed by atoms with van der Waals surface area (Å²) in [6.45, 7) is 1.85. The first-order chi connectivity index (χ1) is 9.06. The SMILES string of the molecule is CCCC(=O)NCC(=O)Nc1ccc(OC)c(N)c1. The highest BCUT2D eigenvalue weighted by Crippen LogP contribution is 2.24. The molecule has 0 aliphatic carbocycles. The first-order valence-corrected chi connectivity index (χ1v) is 6.07. The van der Waals surface area contributed by atoms with Crippen LogP contribution in [0.2, 0.25) is 0 Å². The average Bonchev–Trinajstić information content (AvgIpc) is 2.37. The van der Waals surface area contributed by atoms with Crippen LogP contribution in [0, 0.1) is 0 Å². The number of nitrogens with one attached hydrogen (secondary N) is 2. The van der Waals surface area contributed by atoms with Crippen LogP contribution in [0.25, 0.3) is 0 Å². The van der Waals surface area contributed by atoms with Gasteiger partial charge in [-0.05, 0) is 24.6 Å². The lowest BCUT2D eigenvalue weighted by Gasteiger charge is -2.09. The van der Waals surface area contributed by atoms with Crippen molar-refractivity contribution in [3.63, 3.8) is 0 Å². The van der Waals surface area contributed by atoms with E-state index in [-0.39, 0.29) is 18.4 Å². The second-order valence-corrected chi connectivity index (χ2v) is 4.03. The van der Waals surface area contributed by atoms with E-state index in [1.165, 1.54) is 7.11 Å². The number of rotatable bonds is 6. The van der Waals surface area contributed by atoms with Gasteiger partial charge in [-0.15, -0.1) is 0 Å². The second kappa shape index (κ2) is 7.25. The molecular formula is C13H19N3O3. The third-order valence-electron chi connectivity index (χ3n) is 2.44. The maximum atomic E-state index is 11.6. The molecule has 0 atom stereocenters. The predicted octanol–water partition coefficient (Wildman–Crippen LogP) is 1.13. The standard InChI is InChI=1S/C13H19N3O3/c1-3-4-12(17)15-8-13(18)16-9-5-6-11(19-2)10(14)7-9/h5-7H,3-4,8,14H2,1-2H3,(H,15,17)(H,16,18). The van der Waals surface area contributed by atoms with E-state index < -0.39 is 0 Å². The van der Waals surface area contributed by atoms with Crippen LogP contribution in [0.3, 0.4) is 0 Å². The Balaban J connectivity index is 2.48. The molecule has 0 heterocycles. The summed E-state index contributed by atoms with van der Waals surface area (Å²) in [5.41, 5.74) is 6.73. The van der Waals surface area contributed by atoms with Gasteiger partial charge in [0.15, 0.2) is 0 Å². The van der Waals surface area contributed by atoms with Crippen LogP contribution in [0.15, 0.2) is 18.2 Å². The molecule has 0 saturated heterocycles. The number of ether oxygens (including phenoxy) is 1. The monoisotopic (exact) mass is 265 g/mol. The summed E-state index contributed by atoms with van der Waals surface area (Å²) >= 11 is 0. The molecule has 19 heavy (non-hydrogen) atoms. The van der Waals surface area contributed by atoms with E-state index in [9.17, 15) is 9.59 Å². The molecule has 0 unspecified atom stereocenters. The van der Waals surface area contributed by atoms with Gasteiger partial charge in [0.2, 0.25) is 11.8 Å². The lowest BCUT2D eigenvalue weighted by atomic mass is 10.2. The van der Waals surface area contributed by atoms with E-state index in [4.69, 9.17) is 10.5 Å². The largest absolute Gasteiger partial charge is 0.495 e. The van der Waals surface area contributed by atoms with Crippen molar-refractivity contribution in [2.24, 2.45) is 0 Å². The summed E-state index contributed by atoms with van der Waals surface area (Å²) in [4.78, 5) is 22.8. The van der Waals surface area contributed by atoms with Gasteiger partial charge in [0.1, 0.15) is 5.75 Å². The molecule has 0 aliphatic heterocycles. The number of nitrogen functional groups attached to an aromatic ring is 1. The lowest BCUT2D eigenvalue weighted by molar-refractivity contribution is -0.124. The van der Waals surface area contributed by atoms with Gasteiger partial charge >= 0.3 is 0 Å². The number of benzene rings is 1. The molecule has 0 fully saturated rings. The summed E-state index contributed by atoms with van der Waals surface area (Å²) in [6, 6.07) is 4.95. The van der Waals surface area contributed by atoms with Crippen molar-refractivity contribution < 1.29 is 14.3 Å². The minimum Gasteiger partial charge on any atom is -0.495 e. The van der Waals surface area contributed by atoms with Crippen molar-refractivity contribution in [1.82, 2.24) is 5.32 Å². The quantitative estimate of drug-likeness (QED) is 0.672. The Bertz CT molecular complexity index is 460. The van der Waals surface area contributed by atoms with Gasteiger partial charge in [0.05, 0.1) is 19.3 Å². The topological polar surface area (TPSA) is 93.5 Å². The fourth-order valence-electron chi connectivity index (χ4n) is 1.51. The van der Waals surface area contributed by atoms with E-state index in [0.717, 1.165) is 6.42 Å². The molecule has 0 radical (unpaired) electrons. The van der Waals surface area contributed by atoms with Gasteiger partial charge in [-0.2, -0.15) is 0 Å². The van der Waals surface area contributed by atoms with Gasteiger partial charge in [-0.1, -0.05) is 6.92 Å². The number of hydrogen-bond donors (Lipinski definition) is 3. The zero-order valence-corrected chi connectivity index (χ0v) is 11.2. The zero-order chi connectivity index (χ0) is 14.3. The van der Waals surface area contributed by atoms with Crippen LogP contribution in [0.1, 0.15) is 19.8 Å². The molecule has 4 N–H and O–H groups in total. The van der Waals surface area contributed by atoms with Crippen LogP contribution in [0.4, 0.5) is 11.4 Å². The van der Waals surface area contributed by atoms with E-state index in [0.29, 0.717) is 23.5 Å². The highest BCUT2D eigenvalue weighted by Gasteiger charge is 2.06. The fourth-order valence-corrected chi connectivity index (χ4v) is 1.51. The average molecular weight is 265 g/mol. The summed E-state index contributed by atoms with van der Waals surface area (Å²) in [6.07, 6.45) is 1.17. The third kappa shape index (κ3) is 4.87. The van der Waals surface area contributed by atoms with Crippen molar-refractivity contribution in [3.8, 4) is 5.75 Å². The van der Waals surface area contributed by atoms with Crippen molar-refractivity contribution in [2.75, 3.05) is 24.7 Å². The lowest BCUT2D eigenvalue weighted by Crippen LogP contribution is -2.32. The van der Waals surface area contributed by atoms with Crippen molar-refractivity contribution in [2.45, 2.75) is 19.8 Å². The minimum atomic E-state index is -0.297. The zero-order valence-electron chi connectivity index (χ0n) is 11.2. The summed E-state index contributed by atoms with van der Waals surface area (Å²) in [5, 5.41) is 5.18. The molecule has 0 spiro atoms. The van der Waals surface area contributed by atoms with E-state index >= 15 is 0 Å². The molecule has 0 aliphatic rings. The molecule has 1 aromatic rings. The molecule has 0 saturated carbocycles. The molecule has 104 valence electrons. The maximum Gasteiger partial charge on any atom is 0.243 e. The Kier molecular flexibility index (Phi) is 5.66. The van der Waals surface area contributed by atoms with Crippen molar-refractivity contribution in [1.29, 1.82) is 0 Å². The summed E-state index contributed by atoms with van der Waals surface area (Å²) in [7, 11) is 1.52. The van der Waals surface area contributed by atoms with Crippen molar-refractivity contribution in [3.05, 3.63) is 18.2 Å². The molecule has 0 aromatic heterocycles. The highest BCUT2D eigenvalue weighted by molar-refractivity contribution is 5.95. The van der Waals surface area contributed by atoms with Crippen LogP contribution in [-0.2, 0) is 9.59 Å². The summed E-state index contributed by atoms with van der Waals surface area (Å²) in [5.74, 6) is 0.121. The Hall–Kier alpha value is -2.24. The van der Waals surface area contributed by atoms with E-state index in [2.05, 4.69) is 10.6 Å². The Morgan fingerprint density at radius 3 is 2.63 bits per heavy atom. The first kappa shape index (κ1) is 14.8. The Morgan fingerprint density at radius 2 is 2.05 bits per heavy atom. The molecule has 0 bridgehead atoms. The maximum absolute atomic E-state index is 11.6. The molecule has 6 nitrogen and oxygen atoms in total. The Morgan fingerprint density at radius 1 is 1.32 bits per heavy atom. The molecule has 6 heteroatoms. The molecule has 1 aromatic carbocycles. The molecular weight excluding hydrogens is 246 g/mol. The van der Waals surface area contributed by atoms with Gasteiger partial charge in [-0.3, -0.25) is 9.59 Å². The van der Waals surface area contributed by atoms with Crippen LogP contribution in [-0.4, -0.2) is 25.5 Å².